The Balaban J connectivity index is 4.77. The quantitative estimate of drug-likeness (QED) is 0.423. The average Bonchev–Trinajstić information content (AvgIpc) is 2.13. The Labute approximate surface area is 89.9 Å². The second-order valence-corrected chi connectivity index (χ2v) is 4.64. The molecule has 15 heavy (non-hydrogen) atoms. The molecule has 0 aliphatic heterocycles. The molecule has 90 valence electrons. The first kappa shape index (κ1) is 14.2. The standard InChI is InChI=1S/C10H21NO4/c1-10(2,3)9(15)7(11)8(14)6(13)4-5-12/h6,9,12-15H,4-5,11H2,1-3H3/b8-7-. The molecule has 0 heterocycles. The van der Waals surface area contributed by atoms with E-state index in [1.165, 1.54) is 0 Å². The first-order valence-corrected chi connectivity index (χ1v) is 4.87. The smallest absolute Gasteiger partial charge is 0.142 e. The SMILES string of the molecule is CC(C)(C)C(O)/C(N)=C(/O)C(O)CCO. The van der Waals surface area contributed by atoms with E-state index in [0.29, 0.717) is 0 Å². The highest BCUT2D eigenvalue weighted by Crippen LogP contribution is 2.24. The minimum absolute atomic E-state index is 0.0105. The highest BCUT2D eigenvalue weighted by molar-refractivity contribution is 5.14. The van der Waals surface area contributed by atoms with Gasteiger partial charge in [-0.2, -0.15) is 0 Å². The maximum atomic E-state index is 9.73. The van der Waals surface area contributed by atoms with E-state index in [4.69, 9.17) is 10.8 Å². The Morgan fingerprint density at radius 1 is 1.27 bits per heavy atom. The Bertz CT molecular complexity index is 232. The summed E-state index contributed by atoms with van der Waals surface area (Å²) in [6.07, 6.45) is -2.28. The summed E-state index contributed by atoms with van der Waals surface area (Å²) >= 11 is 0. The molecule has 5 nitrogen and oxygen atoms in total. The van der Waals surface area contributed by atoms with Crippen LogP contribution in [0.4, 0.5) is 0 Å². The molecule has 0 aromatic rings. The molecule has 2 unspecified atom stereocenters. The molecular weight excluding hydrogens is 198 g/mol. The van der Waals surface area contributed by atoms with E-state index in [-0.39, 0.29) is 18.7 Å². The first-order chi connectivity index (χ1) is 6.71. The van der Waals surface area contributed by atoms with Crippen molar-refractivity contribution in [3.05, 3.63) is 11.5 Å². The monoisotopic (exact) mass is 219 g/mol. The van der Waals surface area contributed by atoms with Crippen molar-refractivity contribution in [2.75, 3.05) is 6.61 Å². The number of hydrogen-bond acceptors (Lipinski definition) is 5. The molecule has 0 aromatic carbocycles. The van der Waals surface area contributed by atoms with Gasteiger partial charge in [-0.3, -0.25) is 0 Å². The summed E-state index contributed by atoms with van der Waals surface area (Å²) in [5.74, 6) is -0.466. The van der Waals surface area contributed by atoms with Crippen LogP contribution in [0.1, 0.15) is 27.2 Å². The molecule has 0 radical (unpaired) electrons. The molecule has 0 fully saturated rings. The lowest BCUT2D eigenvalue weighted by Gasteiger charge is -2.27. The minimum atomic E-state index is -1.23. The van der Waals surface area contributed by atoms with Crippen molar-refractivity contribution in [2.45, 2.75) is 39.4 Å². The zero-order valence-electron chi connectivity index (χ0n) is 9.44. The largest absolute Gasteiger partial charge is 0.508 e. The van der Waals surface area contributed by atoms with Crippen LogP contribution in [0.25, 0.3) is 0 Å². The molecule has 0 saturated heterocycles. The summed E-state index contributed by atoms with van der Waals surface area (Å²) in [5, 5.41) is 37.1. The molecule has 2 atom stereocenters. The Morgan fingerprint density at radius 3 is 2.07 bits per heavy atom. The van der Waals surface area contributed by atoms with Gasteiger partial charge < -0.3 is 26.2 Å². The van der Waals surface area contributed by atoms with Gasteiger partial charge in [0, 0.05) is 13.0 Å². The van der Waals surface area contributed by atoms with Gasteiger partial charge in [-0.15, -0.1) is 0 Å². The fourth-order valence-corrected chi connectivity index (χ4v) is 1.06. The van der Waals surface area contributed by atoms with Gasteiger partial charge in [0.2, 0.25) is 0 Å². The van der Waals surface area contributed by atoms with Crippen LogP contribution in [-0.2, 0) is 0 Å². The molecule has 6 N–H and O–H groups in total. The van der Waals surface area contributed by atoms with Gasteiger partial charge in [0.05, 0.1) is 5.70 Å². The highest BCUT2D eigenvalue weighted by Gasteiger charge is 2.28. The fourth-order valence-electron chi connectivity index (χ4n) is 1.06. The average molecular weight is 219 g/mol. The second-order valence-electron chi connectivity index (χ2n) is 4.64. The number of rotatable bonds is 4. The van der Waals surface area contributed by atoms with Gasteiger partial charge in [0.15, 0.2) is 0 Å². The molecule has 0 aliphatic carbocycles. The zero-order valence-corrected chi connectivity index (χ0v) is 9.44. The molecule has 0 spiro atoms. The van der Waals surface area contributed by atoms with Crippen LogP contribution in [0.2, 0.25) is 0 Å². The molecule has 0 saturated carbocycles. The summed E-state index contributed by atoms with van der Waals surface area (Å²) in [7, 11) is 0. The van der Waals surface area contributed by atoms with Crippen molar-refractivity contribution in [2.24, 2.45) is 11.1 Å². The number of aliphatic hydroxyl groups excluding tert-OH is 4. The summed E-state index contributed by atoms with van der Waals surface area (Å²) in [6, 6.07) is 0. The topological polar surface area (TPSA) is 107 Å². The summed E-state index contributed by atoms with van der Waals surface area (Å²) in [6.45, 7) is 5.02. The number of nitrogens with two attached hydrogens (primary N) is 1. The third-order valence-electron chi connectivity index (χ3n) is 2.13. The van der Waals surface area contributed by atoms with Crippen molar-refractivity contribution in [3.63, 3.8) is 0 Å². The highest BCUT2D eigenvalue weighted by atomic mass is 16.3. The van der Waals surface area contributed by atoms with E-state index in [2.05, 4.69) is 0 Å². The van der Waals surface area contributed by atoms with Gasteiger partial charge in [0.25, 0.3) is 0 Å². The lowest BCUT2D eigenvalue weighted by atomic mass is 9.86. The predicted molar refractivity (Wildman–Crippen MR) is 57.0 cm³/mol. The fraction of sp³-hybridized carbons (Fsp3) is 0.800. The third-order valence-corrected chi connectivity index (χ3v) is 2.13. The Hall–Kier alpha value is -0.780. The third kappa shape index (κ3) is 4.07. The van der Waals surface area contributed by atoms with Crippen molar-refractivity contribution >= 4 is 0 Å². The molecule has 0 aromatic heterocycles. The lowest BCUT2D eigenvalue weighted by molar-refractivity contribution is 0.0746. The van der Waals surface area contributed by atoms with Crippen molar-refractivity contribution in [1.82, 2.24) is 0 Å². The van der Waals surface area contributed by atoms with Gasteiger partial charge in [-0.1, -0.05) is 20.8 Å². The van der Waals surface area contributed by atoms with Crippen LogP contribution in [0, 0.1) is 5.41 Å². The van der Waals surface area contributed by atoms with Crippen LogP contribution in [-0.4, -0.2) is 39.2 Å². The van der Waals surface area contributed by atoms with Crippen molar-refractivity contribution in [3.8, 4) is 0 Å². The first-order valence-electron chi connectivity index (χ1n) is 4.87. The molecule has 5 heteroatoms. The van der Waals surface area contributed by atoms with Crippen LogP contribution in [0.3, 0.4) is 0 Å². The van der Waals surface area contributed by atoms with E-state index in [1.54, 1.807) is 20.8 Å². The zero-order chi connectivity index (χ0) is 12.2. The molecule has 0 aliphatic rings. The molecule has 0 bridgehead atoms. The van der Waals surface area contributed by atoms with Crippen molar-refractivity contribution < 1.29 is 20.4 Å². The van der Waals surface area contributed by atoms with E-state index in [1.807, 2.05) is 0 Å². The summed E-state index contributed by atoms with van der Waals surface area (Å²) in [5.41, 5.74) is 4.85. The summed E-state index contributed by atoms with van der Waals surface area (Å²) < 4.78 is 0. The normalized spacial score (nSPS) is 18.3. The molecular formula is C10H21NO4. The summed E-state index contributed by atoms with van der Waals surface area (Å²) in [4.78, 5) is 0. The van der Waals surface area contributed by atoms with E-state index < -0.39 is 23.4 Å². The van der Waals surface area contributed by atoms with Crippen LogP contribution in [0.15, 0.2) is 11.5 Å². The maximum Gasteiger partial charge on any atom is 0.142 e. The second kappa shape index (κ2) is 5.34. The van der Waals surface area contributed by atoms with Gasteiger partial charge >= 0.3 is 0 Å². The predicted octanol–water partition coefficient (Wildman–Crippen LogP) is -0.135. The molecule has 0 rings (SSSR count). The van der Waals surface area contributed by atoms with E-state index in [9.17, 15) is 15.3 Å². The van der Waals surface area contributed by atoms with E-state index in [0.717, 1.165) is 0 Å². The molecule has 0 amide bonds. The van der Waals surface area contributed by atoms with Crippen LogP contribution in [0.5, 0.6) is 0 Å². The van der Waals surface area contributed by atoms with Gasteiger partial charge in [-0.25, -0.2) is 0 Å². The van der Waals surface area contributed by atoms with Gasteiger partial charge in [0.1, 0.15) is 18.0 Å². The number of aliphatic hydroxyl groups is 4. The van der Waals surface area contributed by atoms with E-state index >= 15 is 0 Å². The van der Waals surface area contributed by atoms with Crippen LogP contribution >= 0.6 is 0 Å². The maximum absolute atomic E-state index is 9.73. The number of hydrogen-bond donors (Lipinski definition) is 5. The Morgan fingerprint density at radius 2 is 1.73 bits per heavy atom. The lowest BCUT2D eigenvalue weighted by Crippen LogP contribution is -2.34. The Kier molecular flexibility index (Phi) is 5.07. The van der Waals surface area contributed by atoms with Gasteiger partial charge in [-0.05, 0) is 5.41 Å². The minimum Gasteiger partial charge on any atom is -0.508 e. The van der Waals surface area contributed by atoms with Crippen molar-refractivity contribution in [1.29, 1.82) is 0 Å². The van der Waals surface area contributed by atoms with Crippen LogP contribution < -0.4 is 5.73 Å².